The largest absolute Gasteiger partial charge is 0.508 e. The number of phenolic OH excluding ortho intramolecular Hbond substituents is 1. The van der Waals surface area contributed by atoms with Crippen LogP contribution in [0.4, 0.5) is 0 Å². The highest BCUT2D eigenvalue weighted by atomic mass is 35.5. The van der Waals surface area contributed by atoms with E-state index in [0.29, 0.717) is 17.2 Å². The van der Waals surface area contributed by atoms with Gasteiger partial charge in [-0.05, 0) is 68.3 Å². The van der Waals surface area contributed by atoms with Gasteiger partial charge >= 0.3 is 0 Å². The van der Waals surface area contributed by atoms with Gasteiger partial charge in [-0.15, -0.1) is 24.8 Å². The van der Waals surface area contributed by atoms with E-state index in [9.17, 15) is 5.11 Å². The van der Waals surface area contributed by atoms with Crippen LogP contribution < -0.4 is 5.73 Å². The highest BCUT2D eigenvalue weighted by molar-refractivity contribution is 5.85. The topological polar surface area (TPSA) is 49.5 Å². The second-order valence-corrected chi connectivity index (χ2v) is 6.62. The fourth-order valence-corrected chi connectivity index (χ4v) is 3.96. The molecule has 0 aromatic heterocycles. The molecule has 1 aliphatic heterocycles. The SMILES string of the molecule is Cl.Cl.NC1CCCC12CCN(CCc1ccc(O)cc1)CC2. The highest BCUT2D eigenvalue weighted by Crippen LogP contribution is 2.45. The molecule has 3 rings (SSSR count). The molecule has 1 aliphatic carbocycles. The number of rotatable bonds is 3. The summed E-state index contributed by atoms with van der Waals surface area (Å²) in [7, 11) is 0. The van der Waals surface area contributed by atoms with E-state index in [1.807, 2.05) is 12.1 Å². The first kappa shape index (κ1) is 19.6. The van der Waals surface area contributed by atoms with E-state index in [1.165, 1.54) is 50.8 Å². The number of piperidine rings is 1. The molecule has 1 aromatic carbocycles. The van der Waals surface area contributed by atoms with Crippen molar-refractivity contribution in [3.05, 3.63) is 29.8 Å². The molecule has 1 saturated carbocycles. The zero-order valence-electron chi connectivity index (χ0n) is 13.0. The average molecular weight is 347 g/mol. The lowest BCUT2D eigenvalue weighted by atomic mass is 9.74. The number of likely N-dealkylation sites (tertiary alicyclic amines) is 1. The Balaban J connectivity index is 0.00000121. The number of hydrogen-bond donors (Lipinski definition) is 2. The van der Waals surface area contributed by atoms with E-state index < -0.39 is 0 Å². The van der Waals surface area contributed by atoms with Crippen molar-refractivity contribution in [2.24, 2.45) is 11.1 Å². The van der Waals surface area contributed by atoms with Crippen LogP contribution in [0.25, 0.3) is 0 Å². The summed E-state index contributed by atoms with van der Waals surface area (Å²) in [6, 6.07) is 8.04. The molecule has 3 nitrogen and oxygen atoms in total. The zero-order chi connectivity index (χ0) is 14.0. The summed E-state index contributed by atoms with van der Waals surface area (Å²) in [6.07, 6.45) is 7.54. The third kappa shape index (κ3) is 4.29. The minimum Gasteiger partial charge on any atom is -0.508 e. The molecule has 0 amide bonds. The molecule has 2 aliphatic rings. The van der Waals surface area contributed by atoms with E-state index in [-0.39, 0.29) is 24.8 Å². The fraction of sp³-hybridized carbons (Fsp3) is 0.647. The first-order chi connectivity index (χ1) is 9.68. The molecule has 0 bridgehead atoms. The maximum Gasteiger partial charge on any atom is 0.115 e. The third-order valence-electron chi connectivity index (χ3n) is 5.48. The van der Waals surface area contributed by atoms with Crippen LogP contribution in [-0.2, 0) is 6.42 Å². The fourth-order valence-electron chi connectivity index (χ4n) is 3.96. The van der Waals surface area contributed by atoms with Crippen molar-refractivity contribution in [3.63, 3.8) is 0 Å². The van der Waals surface area contributed by atoms with Crippen molar-refractivity contribution in [1.82, 2.24) is 4.90 Å². The Kier molecular flexibility index (Phi) is 7.47. The van der Waals surface area contributed by atoms with E-state index in [0.717, 1.165) is 13.0 Å². The standard InChI is InChI=1S/C17H26N2O.2ClH/c18-16-2-1-8-17(16)9-12-19(13-10-17)11-7-14-3-5-15(20)6-4-14;;/h3-6,16,20H,1-2,7-13,18H2;2*1H. The summed E-state index contributed by atoms with van der Waals surface area (Å²) >= 11 is 0. The van der Waals surface area contributed by atoms with Gasteiger partial charge in [-0.25, -0.2) is 0 Å². The van der Waals surface area contributed by atoms with Crippen molar-refractivity contribution in [2.45, 2.75) is 44.6 Å². The van der Waals surface area contributed by atoms with Crippen molar-refractivity contribution in [1.29, 1.82) is 0 Å². The average Bonchev–Trinajstić information content (AvgIpc) is 2.81. The molecule has 126 valence electrons. The van der Waals surface area contributed by atoms with Crippen LogP contribution in [-0.4, -0.2) is 35.7 Å². The van der Waals surface area contributed by atoms with Gasteiger partial charge in [-0.2, -0.15) is 0 Å². The number of aromatic hydroxyl groups is 1. The molecule has 5 heteroatoms. The van der Waals surface area contributed by atoms with Crippen LogP contribution >= 0.6 is 24.8 Å². The van der Waals surface area contributed by atoms with Gasteiger partial charge in [0.2, 0.25) is 0 Å². The first-order valence-corrected chi connectivity index (χ1v) is 7.94. The van der Waals surface area contributed by atoms with Gasteiger partial charge in [0.25, 0.3) is 0 Å². The summed E-state index contributed by atoms with van der Waals surface area (Å²) in [5.74, 6) is 0.351. The van der Waals surface area contributed by atoms with E-state index in [2.05, 4.69) is 4.90 Å². The molecule has 0 radical (unpaired) electrons. The van der Waals surface area contributed by atoms with Crippen LogP contribution in [0.1, 0.15) is 37.7 Å². The Morgan fingerprint density at radius 2 is 1.73 bits per heavy atom. The third-order valence-corrected chi connectivity index (χ3v) is 5.48. The lowest BCUT2D eigenvalue weighted by Gasteiger charge is -2.42. The van der Waals surface area contributed by atoms with Crippen LogP contribution in [0.2, 0.25) is 0 Å². The Morgan fingerprint density at radius 3 is 2.27 bits per heavy atom. The maximum absolute atomic E-state index is 9.29. The van der Waals surface area contributed by atoms with Crippen molar-refractivity contribution < 1.29 is 5.11 Å². The molecular formula is C17H28Cl2N2O. The number of nitrogens with zero attached hydrogens (tertiary/aromatic N) is 1. The van der Waals surface area contributed by atoms with Gasteiger partial charge in [-0.1, -0.05) is 18.6 Å². The van der Waals surface area contributed by atoms with Gasteiger partial charge < -0.3 is 15.7 Å². The Bertz CT molecular complexity index is 444. The number of halogens is 2. The number of nitrogens with two attached hydrogens (primary N) is 1. The molecule has 1 unspecified atom stereocenters. The Morgan fingerprint density at radius 1 is 1.09 bits per heavy atom. The van der Waals surface area contributed by atoms with Gasteiger partial charge in [-0.3, -0.25) is 0 Å². The Labute approximate surface area is 146 Å². The molecule has 3 N–H and O–H groups in total. The predicted octanol–water partition coefficient (Wildman–Crippen LogP) is 3.37. The lowest BCUT2D eigenvalue weighted by Crippen LogP contribution is -2.47. The van der Waals surface area contributed by atoms with E-state index in [4.69, 9.17) is 5.73 Å². The van der Waals surface area contributed by atoms with Crippen molar-refractivity contribution in [2.75, 3.05) is 19.6 Å². The molecule has 1 heterocycles. The number of hydrogen-bond acceptors (Lipinski definition) is 3. The second-order valence-electron chi connectivity index (χ2n) is 6.62. The minimum atomic E-state index is 0. The van der Waals surface area contributed by atoms with Gasteiger partial charge in [0.15, 0.2) is 0 Å². The number of benzene rings is 1. The Hall–Kier alpha value is -0.480. The van der Waals surface area contributed by atoms with Crippen molar-refractivity contribution in [3.8, 4) is 5.75 Å². The summed E-state index contributed by atoms with van der Waals surface area (Å²) in [5, 5.41) is 9.29. The van der Waals surface area contributed by atoms with Crippen LogP contribution in [0, 0.1) is 5.41 Å². The summed E-state index contributed by atoms with van der Waals surface area (Å²) in [4.78, 5) is 2.57. The molecule has 1 spiro atoms. The molecule has 1 aromatic rings. The summed E-state index contributed by atoms with van der Waals surface area (Å²) in [5.41, 5.74) is 8.10. The van der Waals surface area contributed by atoms with Crippen LogP contribution in [0.5, 0.6) is 5.75 Å². The van der Waals surface area contributed by atoms with Crippen LogP contribution in [0.15, 0.2) is 24.3 Å². The summed E-state index contributed by atoms with van der Waals surface area (Å²) < 4.78 is 0. The van der Waals surface area contributed by atoms with Gasteiger partial charge in [0, 0.05) is 12.6 Å². The van der Waals surface area contributed by atoms with Gasteiger partial charge in [0.1, 0.15) is 5.75 Å². The minimum absolute atomic E-state index is 0. The molecule has 1 atom stereocenters. The van der Waals surface area contributed by atoms with Crippen LogP contribution in [0.3, 0.4) is 0 Å². The molecule has 1 saturated heterocycles. The maximum atomic E-state index is 9.29. The van der Waals surface area contributed by atoms with Gasteiger partial charge in [0.05, 0.1) is 0 Å². The van der Waals surface area contributed by atoms with E-state index in [1.54, 1.807) is 12.1 Å². The molecule has 22 heavy (non-hydrogen) atoms. The van der Waals surface area contributed by atoms with E-state index >= 15 is 0 Å². The van der Waals surface area contributed by atoms with Crippen molar-refractivity contribution >= 4 is 24.8 Å². The monoisotopic (exact) mass is 346 g/mol. The quantitative estimate of drug-likeness (QED) is 0.881. The number of phenols is 1. The molecule has 2 fully saturated rings. The molecular weight excluding hydrogens is 319 g/mol. The predicted molar refractivity (Wildman–Crippen MR) is 96.2 cm³/mol. The first-order valence-electron chi connectivity index (χ1n) is 7.94. The smallest absolute Gasteiger partial charge is 0.115 e. The normalized spacial score (nSPS) is 23.8. The lowest BCUT2D eigenvalue weighted by molar-refractivity contribution is 0.0959. The highest BCUT2D eigenvalue weighted by Gasteiger charge is 2.42. The second kappa shape index (κ2) is 8.39. The zero-order valence-corrected chi connectivity index (χ0v) is 14.7. The summed E-state index contributed by atoms with van der Waals surface area (Å²) in [6.45, 7) is 3.52.